The number of rotatable bonds is 9. The molecule has 19 heteroatoms. The fraction of sp³-hybridized carbons (Fsp3) is 0.316. The number of nitrogens with zero attached hydrogens (tertiary/aromatic N) is 13. The summed E-state index contributed by atoms with van der Waals surface area (Å²) in [6, 6.07) is 0. The van der Waals surface area contributed by atoms with Gasteiger partial charge in [-0.2, -0.15) is 0 Å². The number of hydrogen-bond donors (Lipinski definition) is 3. The molecule has 0 bridgehead atoms. The Morgan fingerprint density at radius 2 is 0.965 bits per heavy atom. The number of allylic oxidation sites excluding steroid dienone is 3. The summed E-state index contributed by atoms with van der Waals surface area (Å²) in [5.41, 5.74) is 3.31. The van der Waals surface area contributed by atoms with Crippen molar-refractivity contribution in [2.24, 2.45) is 36.1 Å². The average molecular weight is 785 g/mol. The number of carbonyl (C=O) groups excluding carboxylic acids is 1. The van der Waals surface area contributed by atoms with Crippen molar-refractivity contribution >= 4 is 29.1 Å². The first-order valence-electron chi connectivity index (χ1n) is 17.2. The van der Waals surface area contributed by atoms with E-state index in [1.54, 1.807) is 70.2 Å². The first kappa shape index (κ1) is 46.3. The minimum atomic E-state index is -0.900. The number of aryl methyl sites for hydroxylation is 3. The van der Waals surface area contributed by atoms with E-state index >= 15 is 0 Å². The molecule has 0 radical (unpaired) electrons. The normalized spacial score (nSPS) is 12.8. The highest BCUT2D eigenvalue weighted by Gasteiger charge is 2.14. The van der Waals surface area contributed by atoms with Crippen LogP contribution in [0.4, 0.5) is 0 Å². The molecule has 304 valence electrons. The Morgan fingerprint density at radius 3 is 1.32 bits per heavy atom. The second-order valence-electron chi connectivity index (χ2n) is 11.5. The molecule has 0 aliphatic carbocycles. The Kier molecular flexibility index (Phi) is 19.3. The lowest BCUT2D eigenvalue weighted by Crippen LogP contribution is -2.14. The maximum absolute atomic E-state index is 11.4. The van der Waals surface area contributed by atoms with Crippen molar-refractivity contribution in [1.29, 1.82) is 0 Å². The van der Waals surface area contributed by atoms with Gasteiger partial charge < -0.3 is 43.9 Å². The monoisotopic (exact) mass is 784 g/mol. The third kappa shape index (κ3) is 13.1. The van der Waals surface area contributed by atoms with Crippen LogP contribution in [0.25, 0.3) is 23.3 Å². The van der Waals surface area contributed by atoms with Gasteiger partial charge in [-0.15, -0.1) is 0 Å². The first-order chi connectivity index (χ1) is 26.7. The van der Waals surface area contributed by atoms with Gasteiger partial charge in [-0.1, -0.05) is 25.7 Å². The van der Waals surface area contributed by atoms with Crippen LogP contribution in [-0.2, 0) is 48.6 Å². The predicted molar refractivity (Wildman–Crippen MR) is 219 cm³/mol. The van der Waals surface area contributed by atoms with E-state index in [1.165, 1.54) is 0 Å². The molecule has 0 spiro atoms. The molecule has 5 aromatic heterocycles. The second kappa shape index (κ2) is 23.8. The van der Waals surface area contributed by atoms with E-state index in [0.29, 0.717) is 24.1 Å². The number of carboxylic acid groups (broad SMARTS) is 1. The van der Waals surface area contributed by atoms with Gasteiger partial charge in [0.25, 0.3) is 0 Å². The Balaban J connectivity index is 0.000000260. The van der Waals surface area contributed by atoms with E-state index in [9.17, 15) is 9.59 Å². The maximum Gasteiger partial charge on any atom is 0.326 e. The molecule has 3 aliphatic heterocycles. The lowest BCUT2D eigenvalue weighted by atomic mass is 10.1. The Hall–Kier alpha value is -6.86. The molecule has 8 rings (SSSR count). The summed E-state index contributed by atoms with van der Waals surface area (Å²) in [5, 5.41) is 15.7. The molecule has 0 saturated heterocycles. The number of imidazole rings is 5. The number of hydrogen-bond acceptors (Lipinski definition) is 13. The number of carbonyl (C=O) groups is 2. The number of aliphatic carboxylic acids is 1. The number of aliphatic hydroxyl groups excluding tert-OH is 1. The summed E-state index contributed by atoms with van der Waals surface area (Å²) < 4.78 is 13.8. The van der Waals surface area contributed by atoms with Crippen LogP contribution in [0.1, 0.15) is 39.4 Å². The van der Waals surface area contributed by atoms with Crippen molar-refractivity contribution in [2.45, 2.75) is 46.7 Å². The molecule has 0 amide bonds. The van der Waals surface area contributed by atoms with E-state index in [-0.39, 0.29) is 32.6 Å². The standard InChI is InChI=1S/C11H14N4O2.C9H10N4O2.C8H9N3.C8H8N2.CH4O.CH4.H3N/c1-3-17-9(16)8-15-7-5-13-11(15)10-12-4-6-14(10)2;1-12-4-2-10-8(12)9-11-3-5-13(9)6-7(14)15;1-11-6-5-10-8(11)7-3-2-4-9-7;1-3-7(9-5-1)8-4-2-6-10-8;1-2;;/h4-7H,3,8H2,1-2H3;2-5H,6H2,1H3,(H,14,15);2,4-6H,3H2,1H3;1-2,5-6H,3-4H2;2H,1H3;1H4;1H3. The number of aromatic nitrogens is 10. The van der Waals surface area contributed by atoms with Gasteiger partial charge in [0.05, 0.1) is 23.7 Å². The number of aliphatic imine (C=N–C) groups is 3. The smallest absolute Gasteiger partial charge is 0.326 e. The lowest BCUT2D eigenvalue weighted by molar-refractivity contribution is -0.143. The molecule has 3 aliphatic rings. The van der Waals surface area contributed by atoms with Crippen molar-refractivity contribution < 1.29 is 24.5 Å². The molecule has 0 fully saturated rings. The van der Waals surface area contributed by atoms with E-state index < -0.39 is 5.97 Å². The van der Waals surface area contributed by atoms with Gasteiger partial charge in [0.2, 0.25) is 0 Å². The van der Waals surface area contributed by atoms with Crippen LogP contribution < -0.4 is 6.15 Å². The van der Waals surface area contributed by atoms with Crippen LogP contribution in [-0.4, -0.2) is 101 Å². The molecular formula is C38H52N14O5. The third-order valence-electron chi connectivity index (χ3n) is 7.74. The zero-order valence-electron chi connectivity index (χ0n) is 32.1. The minimum absolute atomic E-state index is 0. The number of carboxylic acids is 1. The topological polar surface area (TPSA) is 245 Å². The quantitative estimate of drug-likeness (QED) is 0.176. The molecule has 5 aromatic rings. The van der Waals surface area contributed by atoms with Crippen molar-refractivity contribution in [1.82, 2.24) is 53.9 Å². The summed E-state index contributed by atoms with van der Waals surface area (Å²) in [7, 11) is 6.69. The fourth-order valence-electron chi connectivity index (χ4n) is 5.20. The van der Waals surface area contributed by atoms with Gasteiger partial charge >= 0.3 is 11.9 Å². The highest BCUT2D eigenvalue weighted by molar-refractivity contribution is 6.44. The molecular weight excluding hydrogens is 733 g/mol. The first-order valence-corrected chi connectivity index (χ1v) is 17.2. The van der Waals surface area contributed by atoms with E-state index in [1.807, 2.05) is 67.3 Å². The van der Waals surface area contributed by atoms with Crippen molar-refractivity contribution in [2.75, 3.05) is 13.7 Å². The van der Waals surface area contributed by atoms with Crippen LogP contribution in [0, 0.1) is 0 Å². The second-order valence-corrected chi connectivity index (χ2v) is 11.5. The van der Waals surface area contributed by atoms with Crippen LogP contribution in [0.15, 0.2) is 114 Å². The highest BCUT2D eigenvalue weighted by atomic mass is 16.5. The summed E-state index contributed by atoms with van der Waals surface area (Å²) >= 11 is 0. The van der Waals surface area contributed by atoms with Gasteiger partial charge in [-0.3, -0.25) is 24.6 Å². The van der Waals surface area contributed by atoms with E-state index in [0.717, 1.165) is 55.2 Å². The van der Waals surface area contributed by atoms with E-state index in [2.05, 4.69) is 52.0 Å². The minimum Gasteiger partial charge on any atom is -0.480 e. The molecule has 0 saturated carbocycles. The molecule has 5 N–H and O–H groups in total. The summed E-state index contributed by atoms with van der Waals surface area (Å²) in [4.78, 5) is 55.4. The van der Waals surface area contributed by atoms with Gasteiger partial charge in [0.15, 0.2) is 29.1 Å². The average Bonchev–Trinajstić information content (AvgIpc) is 4.02. The maximum atomic E-state index is 11.4. The van der Waals surface area contributed by atoms with Crippen LogP contribution >= 0.6 is 0 Å². The van der Waals surface area contributed by atoms with Crippen molar-refractivity contribution in [3.8, 4) is 23.3 Å². The third-order valence-corrected chi connectivity index (χ3v) is 7.74. The Labute approximate surface area is 331 Å². The van der Waals surface area contributed by atoms with Gasteiger partial charge in [0, 0.05) is 128 Å². The largest absolute Gasteiger partial charge is 0.480 e. The molecule has 8 heterocycles. The number of esters is 1. The lowest BCUT2D eigenvalue weighted by Gasteiger charge is -2.06. The molecule has 19 nitrogen and oxygen atoms in total. The van der Waals surface area contributed by atoms with Crippen LogP contribution in [0.5, 0.6) is 0 Å². The zero-order valence-corrected chi connectivity index (χ0v) is 32.1. The zero-order chi connectivity index (χ0) is 39.6. The SMILES string of the molecule is C.C1=CN=C(C2=NC=CC2)C1.CCOC(=O)Cn1ccnc1-c1nccn1C.CO.Cn1ccnc1-c1nccn1CC(=O)O.Cn1ccnc1C1=NC=CC1.N. The van der Waals surface area contributed by atoms with Gasteiger partial charge in [0.1, 0.15) is 13.1 Å². The van der Waals surface area contributed by atoms with Crippen LogP contribution in [0.3, 0.4) is 0 Å². The summed E-state index contributed by atoms with van der Waals surface area (Å²) in [6.07, 6.45) is 31.7. The summed E-state index contributed by atoms with van der Waals surface area (Å²) in [6.45, 7) is 2.20. The highest BCUT2D eigenvalue weighted by Crippen LogP contribution is 2.15. The summed E-state index contributed by atoms with van der Waals surface area (Å²) in [5.74, 6) is 2.38. The van der Waals surface area contributed by atoms with Gasteiger partial charge in [-0.25, -0.2) is 24.9 Å². The van der Waals surface area contributed by atoms with Gasteiger partial charge in [-0.05, 0) is 6.92 Å². The number of ether oxygens (including phenoxy) is 1. The van der Waals surface area contributed by atoms with Crippen LogP contribution in [0.2, 0.25) is 0 Å². The fourth-order valence-corrected chi connectivity index (χ4v) is 5.20. The van der Waals surface area contributed by atoms with Crippen molar-refractivity contribution in [3.63, 3.8) is 0 Å². The van der Waals surface area contributed by atoms with E-state index in [4.69, 9.17) is 14.9 Å². The number of aliphatic hydroxyl groups is 1. The Morgan fingerprint density at radius 1 is 0.596 bits per heavy atom. The van der Waals surface area contributed by atoms with Crippen molar-refractivity contribution in [3.05, 3.63) is 105 Å². The molecule has 0 unspecified atom stereocenters. The Bertz CT molecular complexity index is 2160. The molecule has 0 atom stereocenters. The molecule has 57 heavy (non-hydrogen) atoms. The molecule has 0 aromatic carbocycles. The predicted octanol–water partition coefficient (Wildman–Crippen LogP) is 4.45.